The molecule has 148 valence electrons. The summed E-state index contributed by atoms with van der Waals surface area (Å²) >= 11 is 1.29. The summed E-state index contributed by atoms with van der Waals surface area (Å²) in [6, 6.07) is 2.96. The first kappa shape index (κ1) is 19.6. The van der Waals surface area contributed by atoms with Gasteiger partial charge in [0.05, 0.1) is 11.8 Å². The largest absolute Gasteiger partial charge is 0.459 e. The number of esters is 1. The minimum Gasteiger partial charge on any atom is -0.459 e. The van der Waals surface area contributed by atoms with Crippen molar-refractivity contribution in [1.29, 1.82) is 0 Å². The van der Waals surface area contributed by atoms with E-state index in [1.54, 1.807) is 6.92 Å². The fourth-order valence-corrected chi connectivity index (χ4v) is 3.41. The highest BCUT2D eigenvalue weighted by atomic mass is 32.1. The molecule has 0 unspecified atom stereocenters. The van der Waals surface area contributed by atoms with Crippen LogP contribution in [0.15, 0.2) is 22.8 Å². The molecule has 0 atom stereocenters. The van der Waals surface area contributed by atoms with Crippen LogP contribution >= 0.6 is 11.3 Å². The first-order valence-corrected chi connectivity index (χ1v) is 9.39. The molecule has 3 N–H and O–H groups in total. The molecule has 0 radical (unpaired) electrons. The van der Waals surface area contributed by atoms with Crippen LogP contribution in [0.25, 0.3) is 0 Å². The van der Waals surface area contributed by atoms with E-state index in [1.165, 1.54) is 29.7 Å². The number of hydrogen-bond donors (Lipinski definition) is 3. The van der Waals surface area contributed by atoms with Crippen LogP contribution in [-0.2, 0) is 14.3 Å². The third-order valence-electron chi connectivity index (χ3n) is 4.17. The predicted octanol–water partition coefficient (Wildman–Crippen LogP) is 1.92. The van der Waals surface area contributed by atoms with Gasteiger partial charge in [0.2, 0.25) is 5.91 Å². The zero-order valence-electron chi connectivity index (χ0n) is 15.3. The first-order valence-electron chi connectivity index (χ1n) is 8.57. The Morgan fingerprint density at radius 2 is 1.96 bits per heavy atom. The fourth-order valence-electron chi connectivity index (χ4n) is 2.36. The molecule has 1 saturated carbocycles. The molecule has 1 fully saturated rings. The molecule has 1 aliphatic carbocycles. The highest BCUT2D eigenvalue weighted by Gasteiger charge is 2.31. The number of ether oxygens (including phenoxy) is 1. The van der Waals surface area contributed by atoms with E-state index in [9.17, 15) is 19.2 Å². The topological polar surface area (TPSA) is 127 Å². The van der Waals surface area contributed by atoms with E-state index in [0.29, 0.717) is 10.6 Å². The molecular formula is C18H19N3O6S. The Morgan fingerprint density at radius 3 is 2.61 bits per heavy atom. The SMILES string of the molecule is Cc1sc(NC(=O)C2CC2)c(C(=O)OCC(=O)NNC(=O)c2ccco2)c1C. The standard InChI is InChI=1S/C18H19N3O6S/c1-9-10(2)28-17(19-15(23)11-5-6-11)14(9)18(25)27-8-13(22)20-21-16(24)12-4-3-7-26-12/h3-4,7,11H,5-6,8H2,1-2H3,(H,19,23)(H,20,22)(H,21,24). The van der Waals surface area contributed by atoms with Crippen molar-refractivity contribution in [2.24, 2.45) is 5.92 Å². The summed E-state index contributed by atoms with van der Waals surface area (Å²) in [5, 5.41) is 3.19. The second kappa shape index (κ2) is 8.26. The molecule has 10 heteroatoms. The van der Waals surface area contributed by atoms with Crippen LogP contribution in [-0.4, -0.2) is 30.3 Å². The summed E-state index contributed by atoms with van der Waals surface area (Å²) in [4.78, 5) is 48.8. The molecule has 1 aliphatic rings. The average Bonchev–Trinajstić information content (AvgIpc) is 3.30. The minimum absolute atomic E-state index is 0.00451. The van der Waals surface area contributed by atoms with Crippen LogP contribution in [0.2, 0.25) is 0 Å². The van der Waals surface area contributed by atoms with Crippen molar-refractivity contribution in [3.05, 3.63) is 40.2 Å². The molecular weight excluding hydrogens is 386 g/mol. The number of hydrogen-bond acceptors (Lipinski definition) is 7. The Bertz CT molecular complexity index is 914. The summed E-state index contributed by atoms with van der Waals surface area (Å²) < 4.78 is 9.92. The Balaban J connectivity index is 1.54. The maximum atomic E-state index is 12.4. The molecule has 0 aromatic carbocycles. The highest BCUT2D eigenvalue weighted by molar-refractivity contribution is 7.16. The van der Waals surface area contributed by atoms with Crippen molar-refractivity contribution in [1.82, 2.24) is 10.9 Å². The Labute approximate surface area is 164 Å². The second-order valence-electron chi connectivity index (χ2n) is 6.31. The van der Waals surface area contributed by atoms with E-state index in [0.717, 1.165) is 17.7 Å². The Kier molecular flexibility index (Phi) is 5.78. The number of rotatable bonds is 6. The third-order valence-corrected chi connectivity index (χ3v) is 5.29. The van der Waals surface area contributed by atoms with Crippen molar-refractivity contribution in [2.45, 2.75) is 26.7 Å². The van der Waals surface area contributed by atoms with Gasteiger partial charge in [-0.1, -0.05) is 0 Å². The average molecular weight is 405 g/mol. The van der Waals surface area contributed by atoms with Gasteiger partial charge in [-0.2, -0.15) is 0 Å². The van der Waals surface area contributed by atoms with E-state index >= 15 is 0 Å². The van der Waals surface area contributed by atoms with Crippen LogP contribution in [0, 0.1) is 19.8 Å². The molecule has 28 heavy (non-hydrogen) atoms. The molecule has 3 rings (SSSR count). The summed E-state index contributed by atoms with van der Waals surface area (Å²) in [6.45, 7) is 2.99. The van der Waals surface area contributed by atoms with Gasteiger partial charge in [0.25, 0.3) is 5.91 Å². The van der Waals surface area contributed by atoms with Crippen molar-refractivity contribution >= 4 is 40.0 Å². The highest BCUT2D eigenvalue weighted by Crippen LogP contribution is 2.36. The molecule has 0 saturated heterocycles. The molecule has 2 aromatic rings. The predicted molar refractivity (Wildman–Crippen MR) is 99.7 cm³/mol. The van der Waals surface area contributed by atoms with Gasteiger partial charge in [-0.3, -0.25) is 25.2 Å². The number of carbonyl (C=O) groups is 4. The zero-order valence-corrected chi connectivity index (χ0v) is 16.1. The minimum atomic E-state index is -0.722. The van der Waals surface area contributed by atoms with E-state index in [1.807, 2.05) is 6.92 Å². The lowest BCUT2D eigenvalue weighted by molar-refractivity contribution is -0.125. The van der Waals surface area contributed by atoms with Crippen molar-refractivity contribution in [3.8, 4) is 0 Å². The van der Waals surface area contributed by atoms with Crippen LogP contribution in [0.1, 0.15) is 44.2 Å². The lowest BCUT2D eigenvalue weighted by Crippen LogP contribution is -2.43. The first-order chi connectivity index (χ1) is 13.4. The van der Waals surface area contributed by atoms with Gasteiger partial charge >= 0.3 is 11.9 Å². The molecule has 0 aliphatic heterocycles. The molecule has 2 aromatic heterocycles. The molecule has 0 spiro atoms. The summed E-state index contributed by atoms with van der Waals surface area (Å²) in [6.07, 6.45) is 3.01. The number of nitrogens with one attached hydrogen (secondary N) is 3. The van der Waals surface area contributed by atoms with Crippen LogP contribution in [0.3, 0.4) is 0 Å². The Morgan fingerprint density at radius 1 is 1.21 bits per heavy atom. The monoisotopic (exact) mass is 405 g/mol. The smallest absolute Gasteiger partial charge is 0.341 e. The quantitative estimate of drug-likeness (QED) is 0.498. The number of hydrazine groups is 1. The number of carbonyl (C=O) groups excluding carboxylic acids is 4. The Hall–Kier alpha value is -3.14. The summed E-state index contributed by atoms with van der Waals surface area (Å²) in [5.74, 6) is -2.18. The van der Waals surface area contributed by atoms with E-state index in [2.05, 4.69) is 16.2 Å². The van der Waals surface area contributed by atoms with Gasteiger partial charge in [0.15, 0.2) is 12.4 Å². The molecule has 3 amide bonds. The number of furan rings is 1. The number of amides is 3. The van der Waals surface area contributed by atoms with Gasteiger partial charge in [-0.05, 0) is 44.4 Å². The fraction of sp³-hybridized carbons (Fsp3) is 0.333. The number of anilines is 1. The van der Waals surface area contributed by atoms with Gasteiger partial charge in [-0.25, -0.2) is 4.79 Å². The van der Waals surface area contributed by atoms with Crippen molar-refractivity contribution < 1.29 is 28.3 Å². The van der Waals surface area contributed by atoms with Crippen LogP contribution < -0.4 is 16.2 Å². The normalized spacial score (nSPS) is 12.9. The maximum absolute atomic E-state index is 12.4. The molecule has 2 heterocycles. The number of aryl methyl sites for hydroxylation is 1. The van der Waals surface area contributed by atoms with Gasteiger partial charge in [-0.15, -0.1) is 11.3 Å². The van der Waals surface area contributed by atoms with Gasteiger partial charge in [0.1, 0.15) is 5.00 Å². The lowest BCUT2D eigenvalue weighted by atomic mass is 10.1. The summed E-state index contributed by atoms with van der Waals surface area (Å²) in [7, 11) is 0. The molecule has 0 bridgehead atoms. The molecule has 9 nitrogen and oxygen atoms in total. The van der Waals surface area contributed by atoms with E-state index in [-0.39, 0.29) is 23.1 Å². The van der Waals surface area contributed by atoms with Crippen molar-refractivity contribution in [2.75, 3.05) is 11.9 Å². The second-order valence-corrected chi connectivity index (χ2v) is 7.53. The third kappa shape index (κ3) is 4.58. The van der Waals surface area contributed by atoms with E-state index in [4.69, 9.17) is 9.15 Å². The van der Waals surface area contributed by atoms with E-state index < -0.39 is 24.4 Å². The number of thiophene rings is 1. The zero-order chi connectivity index (χ0) is 20.3. The van der Waals surface area contributed by atoms with Crippen LogP contribution in [0.5, 0.6) is 0 Å². The lowest BCUT2D eigenvalue weighted by Gasteiger charge is -2.09. The van der Waals surface area contributed by atoms with Crippen molar-refractivity contribution in [3.63, 3.8) is 0 Å². The van der Waals surface area contributed by atoms with Crippen LogP contribution in [0.4, 0.5) is 5.00 Å². The van der Waals surface area contributed by atoms with Gasteiger partial charge < -0.3 is 14.5 Å². The maximum Gasteiger partial charge on any atom is 0.341 e. The summed E-state index contributed by atoms with van der Waals surface area (Å²) in [5.41, 5.74) is 5.19. The van der Waals surface area contributed by atoms with Gasteiger partial charge in [0, 0.05) is 10.8 Å².